The van der Waals surface area contributed by atoms with Crippen molar-refractivity contribution in [1.82, 2.24) is 14.9 Å². The number of fused-ring (bicyclic) bond motifs is 1. The molecule has 1 amide bonds. The zero-order valence-electron chi connectivity index (χ0n) is 14.6. The molecule has 0 aliphatic carbocycles. The summed E-state index contributed by atoms with van der Waals surface area (Å²) in [4.78, 5) is 39.6. The zero-order chi connectivity index (χ0) is 19.4. The van der Waals surface area contributed by atoms with Crippen molar-refractivity contribution < 1.29 is 14.3 Å². The van der Waals surface area contributed by atoms with Crippen LogP contribution in [0.3, 0.4) is 0 Å². The molecule has 0 saturated carbocycles. The van der Waals surface area contributed by atoms with Crippen molar-refractivity contribution in [3.8, 4) is 0 Å². The third-order valence-electron chi connectivity index (χ3n) is 4.18. The van der Waals surface area contributed by atoms with Crippen molar-refractivity contribution in [3.05, 3.63) is 69.2 Å². The van der Waals surface area contributed by atoms with Gasteiger partial charge in [-0.05, 0) is 33.6 Å². The van der Waals surface area contributed by atoms with Gasteiger partial charge in [-0.25, -0.2) is 4.79 Å². The third kappa shape index (κ3) is 4.46. The van der Waals surface area contributed by atoms with Crippen LogP contribution in [-0.4, -0.2) is 34.6 Å². The van der Waals surface area contributed by atoms with E-state index in [4.69, 9.17) is 4.74 Å². The van der Waals surface area contributed by atoms with E-state index in [2.05, 4.69) is 26.2 Å². The lowest BCUT2D eigenvalue weighted by Crippen LogP contribution is -2.45. The van der Waals surface area contributed by atoms with Gasteiger partial charge in [-0.2, -0.15) is 0 Å². The number of rotatable bonds is 6. The molecule has 0 fully saturated rings. The summed E-state index contributed by atoms with van der Waals surface area (Å²) >= 11 is 3.27. The number of hydrogen-bond acceptors (Lipinski definition) is 4. The van der Waals surface area contributed by atoms with Crippen molar-refractivity contribution in [3.63, 3.8) is 0 Å². The molecule has 7 nitrogen and oxygen atoms in total. The number of aromatic nitrogens is 2. The largest absolute Gasteiger partial charge is 0.467 e. The molecule has 2 heterocycles. The number of benzene rings is 1. The molecule has 0 bridgehead atoms. The molecule has 8 heteroatoms. The van der Waals surface area contributed by atoms with Crippen LogP contribution in [0.4, 0.5) is 0 Å². The first kappa shape index (κ1) is 18.9. The van der Waals surface area contributed by atoms with Crippen LogP contribution in [0.25, 0.3) is 10.9 Å². The quantitative estimate of drug-likeness (QED) is 0.583. The Morgan fingerprint density at radius 1 is 1.26 bits per heavy atom. The predicted octanol–water partition coefficient (Wildman–Crippen LogP) is 1.99. The van der Waals surface area contributed by atoms with Crippen LogP contribution in [0, 0.1) is 0 Å². The van der Waals surface area contributed by atoms with Gasteiger partial charge in [0, 0.05) is 40.3 Å². The fourth-order valence-corrected chi connectivity index (χ4v) is 3.26. The maximum atomic E-state index is 12.4. The minimum atomic E-state index is -0.857. The van der Waals surface area contributed by atoms with Crippen molar-refractivity contribution >= 4 is 38.7 Å². The molecule has 0 aliphatic rings. The maximum Gasteiger partial charge on any atom is 0.328 e. The van der Waals surface area contributed by atoms with Gasteiger partial charge < -0.3 is 19.6 Å². The molecule has 0 spiro atoms. The van der Waals surface area contributed by atoms with Gasteiger partial charge in [0.1, 0.15) is 12.6 Å². The van der Waals surface area contributed by atoms with Gasteiger partial charge in [0.05, 0.1) is 7.11 Å². The Hall–Kier alpha value is -2.87. The van der Waals surface area contributed by atoms with E-state index in [1.54, 1.807) is 6.07 Å². The number of methoxy groups -OCH3 is 1. The molecular weight excluding hydrogens is 414 g/mol. The van der Waals surface area contributed by atoms with Crippen molar-refractivity contribution in [2.75, 3.05) is 7.11 Å². The summed E-state index contributed by atoms with van der Waals surface area (Å²) in [5.74, 6) is -0.999. The van der Waals surface area contributed by atoms with Crippen LogP contribution in [0.15, 0.2) is 58.1 Å². The van der Waals surface area contributed by atoms with E-state index in [1.807, 2.05) is 30.5 Å². The number of amides is 1. The molecule has 27 heavy (non-hydrogen) atoms. The molecule has 0 saturated heterocycles. The standard InChI is InChI=1S/C19H18BrN3O4/c1-27-19(26)16(8-12-9-21-15-5-3-2-4-14(12)15)22-17(24)11-23-10-13(20)6-7-18(23)25/h2-7,9-10,16,21H,8,11H2,1H3,(H,22,24). The van der Waals surface area contributed by atoms with Crippen molar-refractivity contribution in [1.29, 1.82) is 0 Å². The number of H-pyrrole nitrogens is 1. The number of ether oxygens (including phenoxy) is 1. The molecule has 140 valence electrons. The van der Waals surface area contributed by atoms with E-state index in [0.717, 1.165) is 16.5 Å². The van der Waals surface area contributed by atoms with E-state index in [9.17, 15) is 14.4 Å². The molecule has 0 radical (unpaired) electrons. The van der Waals surface area contributed by atoms with E-state index in [-0.39, 0.29) is 18.5 Å². The first-order chi connectivity index (χ1) is 13.0. The molecule has 3 aromatic rings. The van der Waals surface area contributed by atoms with Gasteiger partial charge in [-0.3, -0.25) is 9.59 Å². The van der Waals surface area contributed by atoms with E-state index >= 15 is 0 Å². The van der Waals surface area contributed by atoms with Crippen molar-refractivity contribution in [2.24, 2.45) is 0 Å². The second-order valence-electron chi connectivity index (χ2n) is 6.02. The highest BCUT2D eigenvalue weighted by Crippen LogP contribution is 2.19. The first-order valence-electron chi connectivity index (χ1n) is 8.26. The minimum Gasteiger partial charge on any atom is -0.467 e. The van der Waals surface area contributed by atoms with Gasteiger partial charge >= 0.3 is 5.97 Å². The first-order valence-corrected chi connectivity index (χ1v) is 9.05. The lowest BCUT2D eigenvalue weighted by Gasteiger charge is -2.17. The predicted molar refractivity (Wildman–Crippen MR) is 104 cm³/mol. The maximum absolute atomic E-state index is 12.4. The number of para-hydroxylation sites is 1. The van der Waals surface area contributed by atoms with E-state index in [1.165, 1.54) is 23.9 Å². The van der Waals surface area contributed by atoms with Crippen molar-refractivity contribution in [2.45, 2.75) is 19.0 Å². The summed E-state index contributed by atoms with van der Waals surface area (Å²) < 4.78 is 6.77. The number of nitrogens with zero attached hydrogens (tertiary/aromatic N) is 1. The smallest absolute Gasteiger partial charge is 0.328 e. The third-order valence-corrected chi connectivity index (χ3v) is 4.65. The second kappa shape index (κ2) is 8.22. The summed E-state index contributed by atoms with van der Waals surface area (Å²) in [5, 5.41) is 3.64. The average Bonchev–Trinajstić information content (AvgIpc) is 3.06. The zero-order valence-corrected chi connectivity index (χ0v) is 16.2. The highest BCUT2D eigenvalue weighted by atomic mass is 79.9. The molecule has 3 rings (SSSR count). The summed E-state index contributed by atoms with van der Waals surface area (Å²) in [6, 6.07) is 9.81. The van der Waals surface area contributed by atoms with Gasteiger partial charge in [-0.15, -0.1) is 0 Å². The Morgan fingerprint density at radius 2 is 2.04 bits per heavy atom. The second-order valence-corrected chi connectivity index (χ2v) is 6.94. The monoisotopic (exact) mass is 431 g/mol. The number of esters is 1. The summed E-state index contributed by atoms with van der Waals surface area (Å²) in [6.07, 6.45) is 3.61. The lowest BCUT2D eigenvalue weighted by molar-refractivity contribution is -0.145. The fourth-order valence-electron chi connectivity index (χ4n) is 2.88. The molecule has 1 aromatic carbocycles. The highest BCUT2D eigenvalue weighted by molar-refractivity contribution is 9.10. The Morgan fingerprint density at radius 3 is 2.81 bits per heavy atom. The number of hydrogen-bond donors (Lipinski definition) is 2. The van der Waals surface area contributed by atoms with Gasteiger partial charge in [-0.1, -0.05) is 18.2 Å². The molecule has 1 unspecified atom stereocenters. The Bertz CT molecular complexity index is 1040. The van der Waals surface area contributed by atoms with Gasteiger partial charge in [0.2, 0.25) is 5.91 Å². The number of aromatic amines is 1. The lowest BCUT2D eigenvalue weighted by atomic mass is 10.0. The topological polar surface area (TPSA) is 93.2 Å². The highest BCUT2D eigenvalue weighted by Gasteiger charge is 2.23. The Kier molecular flexibility index (Phi) is 5.75. The van der Waals surface area contributed by atoms with Gasteiger partial charge in [0.15, 0.2) is 0 Å². The average molecular weight is 432 g/mol. The number of carbonyl (C=O) groups is 2. The van der Waals surface area contributed by atoms with Crippen LogP contribution in [0.1, 0.15) is 5.56 Å². The molecule has 2 aromatic heterocycles. The van der Waals surface area contributed by atoms with E-state index < -0.39 is 17.9 Å². The summed E-state index contributed by atoms with van der Waals surface area (Å²) in [7, 11) is 1.27. The summed E-state index contributed by atoms with van der Waals surface area (Å²) in [6.45, 7) is -0.195. The Labute approximate surface area is 163 Å². The fraction of sp³-hybridized carbons (Fsp3) is 0.211. The van der Waals surface area contributed by atoms with Gasteiger partial charge in [0.25, 0.3) is 5.56 Å². The molecule has 0 aliphatic heterocycles. The Balaban J connectivity index is 1.77. The molecular formula is C19H18BrN3O4. The normalized spacial score (nSPS) is 11.9. The minimum absolute atomic E-state index is 0.195. The number of halogens is 1. The molecule has 1 atom stereocenters. The number of pyridine rings is 1. The van der Waals surface area contributed by atoms with Crippen LogP contribution in [0.5, 0.6) is 0 Å². The van der Waals surface area contributed by atoms with Crippen LogP contribution in [0.2, 0.25) is 0 Å². The van der Waals surface area contributed by atoms with Crippen LogP contribution < -0.4 is 10.9 Å². The van der Waals surface area contributed by atoms with Crippen LogP contribution in [-0.2, 0) is 27.3 Å². The van der Waals surface area contributed by atoms with Crippen LogP contribution >= 0.6 is 15.9 Å². The number of carbonyl (C=O) groups excluding carboxylic acids is 2. The summed E-state index contributed by atoms with van der Waals surface area (Å²) in [5.41, 5.74) is 1.53. The molecule has 2 N–H and O–H groups in total. The SMILES string of the molecule is COC(=O)C(Cc1c[nH]c2ccccc12)NC(=O)Cn1cc(Br)ccc1=O. The van der Waals surface area contributed by atoms with E-state index in [0.29, 0.717) is 4.47 Å². The number of nitrogens with one attached hydrogen (secondary N) is 2.